The molecule has 0 aliphatic rings. The van der Waals surface area contributed by atoms with Crippen LogP contribution in [-0.2, 0) is 4.79 Å². The Morgan fingerprint density at radius 3 is 2.43 bits per heavy atom. The Kier molecular flexibility index (Phi) is 5.92. The third-order valence-electron chi connectivity index (χ3n) is 1.83. The van der Waals surface area contributed by atoms with E-state index in [1.165, 1.54) is 0 Å². The Morgan fingerprint density at radius 2 is 2.00 bits per heavy atom. The standard InChI is InChI=1S/C10H14N2O.ClH/c1-2-12-9(10(11)13)8-6-4-3-5-7-8;/h3-7,9,12H,2H2,1H3,(H2,11,13);1H/t9-;/m0./s1. The summed E-state index contributed by atoms with van der Waals surface area (Å²) < 4.78 is 0. The molecule has 0 radical (unpaired) electrons. The molecule has 3 nitrogen and oxygen atoms in total. The minimum atomic E-state index is -0.369. The second kappa shape index (κ2) is 6.40. The summed E-state index contributed by atoms with van der Waals surface area (Å²) in [6, 6.07) is 9.10. The second-order valence-electron chi connectivity index (χ2n) is 2.80. The van der Waals surface area contributed by atoms with E-state index in [-0.39, 0.29) is 24.4 Å². The summed E-state index contributed by atoms with van der Waals surface area (Å²) >= 11 is 0. The van der Waals surface area contributed by atoms with E-state index in [1.807, 2.05) is 37.3 Å². The first-order chi connectivity index (χ1) is 6.25. The van der Waals surface area contributed by atoms with Crippen LogP contribution in [-0.4, -0.2) is 12.5 Å². The number of halogens is 1. The lowest BCUT2D eigenvalue weighted by Gasteiger charge is -2.13. The average molecular weight is 215 g/mol. The second-order valence-corrected chi connectivity index (χ2v) is 2.80. The molecule has 78 valence electrons. The van der Waals surface area contributed by atoms with Gasteiger partial charge in [0.25, 0.3) is 0 Å². The highest BCUT2D eigenvalue weighted by Crippen LogP contribution is 2.10. The highest BCUT2D eigenvalue weighted by Gasteiger charge is 2.14. The van der Waals surface area contributed by atoms with E-state index >= 15 is 0 Å². The summed E-state index contributed by atoms with van der Waals surface area (Å²) in [7, 11) is 0. The summed E-state index contributed by atoms with van der Waals surface area (Å²) in [5.74, 6) is -0.340. The van der Waals surface area contributed by atoms with E-state index in [0.717, 1.165) is 12.1 Å². The molecule has 3 N–H and O–H groups in total. The lowest BCUT2D eigenvalue weighted by atomic mass is 10.1. The van der Waals surface area contributed by atoms with Gasteiger partial charge in [-0.3, -0.25) is 4.79 Å². The molecule has 0 unspecified atom stereocenters. The zero-order chi connectivity index (χ0) is 9.68. The topological polar surface area (TPSA) is 55.1 Å². The number of carbonyl (C=O) groups excluding carboxylic acids is 1. The van der Waals surface area contributed by atoms with Gasteiger partial charge in [0, 0.05) is 0 Å². The lowest BCUT2D eigenvalue weighted by molar-refractivity contribution is -0.120. The maximum Gasteiger partial charge on any atom is 0.239 e. The lowest BCUT2D eigenvalue weighted by Crippen LogP contribution is -2.33. The Hall–Kier alpha value is -1.06. The first-order valence-electron chi connectivity index (χ1n) is 4.33. The molecule has 1 aromatic carbocycles. The van der Waals surface area contributed by atoms with Crippen molar-refractivity contribution in [2.75, 3.05) is 6.54 Å². The quantitative estimate of drug-likeness (QED) is 0.793. The van der Waals surface area contributed by atoms with Crippen LogP contribution in [0.3, 0.4) is 0 Å². The van der Waals surface area contributed by atoms with Crippen LogP contribution in [0.25, 0.3) is 0 Å². The molecule has 1 aromatic rings. The van der Waals surface area contributed by atoms with Crippen LogP contribution >= 0.6 is 12.4 Å². The van der Waals surface area contributed by atoms with Crippen molar-refractivity contribution >= 4 is 18.3 Å². The average Bonchev–Trinajstić information content (AvgIpc) is 2.15. The highest BCUT2D eigenvalue weighted by molar-refractivity contribution is 5.85. The smallest absolute Gasteiger partial charge is 0.239 e. The number of nitrogens with one attached hydrogen (secondary N) is 1. The van der Waals surface area contributed by atoms with Crippen LogP contribution < -0.4 is 11.1 Å². The molecule has 0 aromatic heterocycles. The molecule has 0 aliphatic heterocycles. The number of nitrogens with two attached hydrogens (primary N) is 1. The molecule has 1 atom stereocenters. The number of benzene rings is 1. The van der Waals surface area contributed by atoms with Crippen LogP contribution in [0.15, 0.2) is 30.3 Å². The number of rotatable bonds is 4. The molecule has 0 heterocycles. The molecule has 4 heteroatoms. The van der Waals surface area contributed by atoms with Gasteiger partial charge in [-0.05, 0) is 12.1 Å². The van der Waals surface area contributed by atoms with Crippen LogP contribution in [0.4, 0.5) is 0 Å². The Morgan fingerprint density at radius 1 is 1.43 bits per heavy atom. The zero-order valence-electron chi connectivity index (χ0n) is 8.07. The van der Waals surface area contributed by atoms with E-state index in [9.17, 15) is 4.79 Å². The minimum Gasteiger partial charge on any atom is -0.368 e. The minimum absolute atomic E-state index is 0. The zero-order valence-corrected chi connectivity index (χ0v) is 8.88. The van der Waals surface area contributed by atoms with Crippen molar-refractivity contribution in [1.29, 1.82) is 0 Å². The van der Waals surface area contributed by atoms with Crippen molar-refractivity contribution in [1.82, 2.24) is 5.32 Å². The number of primary amides is 1. The Balaban J connectivity index is 0.00000169. The maximum absolute atomic E-state index is 11.0. The highest BCUT2D eigenvalue weighted by atomic mass is 35.5. The Bertz CT molecular complexity index is 277. The third-order valence-corrected chi connectivity index (χ3v) is 1.83. The number of hydrogen-bond donors (Lipinski definition) is 2. The van der Waals surface area contributed by atoms with Crippen molar-refractivity contribution in [2.24, 2.45) is 5.73 Å². The molecule has 0 aliphatic carbocycles. The maximum atomic E-state index is 11.0. The molecule has 0 fully saturated rings. The molecule has 0 saturated heterocycles. The largest absolute Gasteiger partial charge is 0.368 e. The molecular formula is C10H15ClN2O. The van der Waals surface area contributed by atoms with Crippen LogP contribution in [0, 0.1) is 0 Å². The predicted molar refractivity (Wildman–Crippen MR) is 59.3 cm³/mol. The van der Waals surface area contributed by atoms with E-state index in [4.69, 9.17) is 5.73 Å². The van der Waals surface area contributed by atoms with Gasteiger partial charge in [0.15, 0.2) is 0 Å². The van der Waals surface area contributed by atoms with Gasteiger partial charge in [-0.25, -0.2) is 0 Å². The van der Waals surface area contributed by atoms with Crippen LogP contribution in [0.1, 0.15) is 18.5 Å². The van der Waals surface area contributed by atoms with Gasteiger partial charge >= 0.3 is 0 Å². The first-order valence-corrected chi connectivity index (χ1v) is 4.33. The van der Waals surface area contributed by atoms with Crippen LogP contribution in [0.2, 0.25) is 0 Å². The van der Waals surface area contributed by atoms with Crippen molar-refractivity contribution in [3.63, 3.8) is 0 Å². The van der Waals surface area contributed by atoms with Gasteiger partial charge < -0.3 is 11.1 Å². The van der Waals surface area contributed by atoms with Gasteiger partial charge in [-0.1, -0.05) is 37.3 Å². The van der Waals surface area contributed by atoms with Gasteiger partial charge in [0.1, 0.15) is 6.04 Å². The normalized spacial score (nSPS) is 11.5. The molecule has 0 spiro atoms. The van der Waals surface area contributed by atoms with E-state index in [2.05, 4.69) is 5.32 Å². The fourth-order valence-corrected chi connectivity index (χ4v) is 1.23. The van der Waals surface area contributed by atoms with Gasteiger partial charge in [0.05, 0.1) is 0 Å². The van der Waals surface area contributed by atoms with Crippen molar-refractivity contribution in [3.8, 4) is 0 Å². The number of carbonyl (C=O) groups is 1. The summed E-state index contributed by atoms with van der Waals surface area (Å²) in [5, 5.41) is 3.02. The van der Waals surface area contributed by atoms with E-state index in [0.29, 0.717) is 0 Å². The summed E-state index contributed by atoms with van der Waals surface area (Å²) in [4.78, 5) is 11.0. The summed E-state index contributed by atoms with van der Waals surface area (Å²) in [5.41, 5.74) is 6.17. The number of likely N-dealkylation sites (N-methyl/N-ethyl adjacent to an activating group) is 1. The SMILES string of the molecule is CCN[C@H](C(N)=O)c1ccccc1.Cl. The van der Waals surface area contributed by atoms with Crippen molar-refractivity contribution < 1.29 is 4.79 Å². The van der Waals surface area contributed by atoms with Crippen molar-refractivity contribution in [2.45, 2.75) is 13.0 Å². The molecule has 0 bridgehead atoms. The Labute approximate surface area is 90.1 Å². The number of amides is 1. The van der Waals surface area contributed by atoms with Crippen molar-refractivity contribution in [3.05, 3.63) is 35.9 Å². The predicted octanol–water partition coefficient (Wildman–Crippen LogP) is 1.24. The van der Waals surface area contributed by atoms with E-state index in [1.54, 1.807) is 0 Å². The molecule has 1 amide bonds. The fraction of sp³-hybridized carbons (Fsp3) is 0.300. The monoisotopic (exact) mass is 214 g/mol. The van der Waals surface area contributed by atoms with Gasteiger partial charge in [-0.15, -0.1) is 12.4 Å². The molecular weight excluding hydrogens is 200 g/mol. The van der Waals surface area contributed by atoms with E-state index < -0.39 is 0 Å². The van der Waals surface area contributed by atoms with Gasteiger partial charge in [0.2, 0.25) is 5.91 Å². The summed E-state index contributed by atoms with van der Waals surface area (Å²) in [6.45, 7) is 2.67. The number of hydrogen-bond acceptors (Lipinski definition) is 2. The van der Waals surface area contributed by atoms with Crippen LogP contribution in [0.5, 0.6) is 0 Å². The first kappa shape index (κ1) is 12.9. The molecule has 14 heavy (non-hydrogen) atoms. The molecule has 0 saturated carbocycles. The third kappa shape index (κ3) is 3.36. The fourth-order valence-electron chi connectivity index (χ4n) is 1.23. The van der Waals surface area contributed by atoms with Gasteiger partial charge in [-0.2, -0.15) is 0 Å². The molecule has 1 rings (SSSR count). The summed E-state index contributed by atoms with van der Waals surface area (Å²) in [6.07, 6.45) is 0.